The first kappa shape index (κ1) is 21.7. The molecule has 1 aromatic carbocycles. The number of nitrogens with one attached hydrogen (secondary N) is 3. The molecule has 0 radical (unpaired) electrons. The molecule has 3 N–H and O–H groups in total. The lowest BCUT2D eigenvalue weighted by atomic mass is 10.1. The third-order valence-corrected chi connectivity index (χ3v) is 6.25. The molecule has 0 spiro atoms. The minimum absolute atomic E-state index is 0.00923. The lowest BCUT2D eigenvalue weighted by Gasteiger charge is -2.21. The number of rotatable bonds is 5. The fourth-order valence-electron chi connectivity index (χ4n) is 3.23. The van der Waals surface area contributed by atoms with Crippen molar-refractivity contribution < 1.29 is 13.2 Å². The summed E-state index contributed by atoms with van der Waals surface area (Å²) < 4.78 is 29.6. The molecule has 0 unspecified atom stereocenters. The van der Waals surface area contributed by atoms with Crippen molar-refractivity contribution in [3.63, 3.8) is 0 Å². The minimum Gasteiger partial charge on any atom is -0.325 e. The number of H-pyrrole nitrogens is 1. The highest BCUT2D eigenvalue weighted by atomic mass is 32.2. The summed E-state index contributed by atoms with van der Waals surface area (Å²) in [5, 5.41) is 5.34. The van der Waals surface area contributed by atoms with Crippen LogP contribution in [0.15, 0.2) is 40.0 Å². The Balaban J connectivity index is 1.90. The number of hydrogen-bond acceptors (Lipinski definition) is 5. The predicted molar refractivity (Wildman–Crippen MR) is 114 cm³/mol. The molecule has 3 aromatic rings. The molecule has 9 nitrogen and oxygen atoms in total. The highest BCUT2D eigenvalue weighted by Crippen LogP contribution is 2.23. The van der Waals surface area contributed by atoms with Gasteiger partial charge in [-0.25, -0.2) is 22.6 Å². The second kappa shape index (κ2) is 7.69. The molecule has 0 fully saturated rings. The zero-order valence-electron chi connectivity index (χ0n) is 17.5. The van der Waals surface area contributed by atoms with Crippen LogP contribution in [0.4, 0.5) is 5.69 Å². The molecule has 2 heterocycles. The smallest absolute Gasteiger partial charge is 0.266 e. The number of aryl methyl sites for hydroxylation is 2. The van der Waals surface area contributed by atoms with Crippen molar-refractivity contribution in [2.45, 2.75) is 51.5 Å². The van der Waals surface area contributed by atoms with E-state index in [1.165, 1.54) is 16.6 Å². The number of carbonyl (C=O) groups excluding carboxylic acids is 1. The van der Waals surface area contributed by atoms with Crippen LogP contribution >= 0.6 is 0 Å². The maximum atomic E-state index is 12.8. The molecule has 30 heavy (non-hydrogen) atoms. The maximum Gasteiger partial charge on any atom is 0.266 e. The van der Waals surface area contributed by atoms with E-state index in [-0.39, 0.29) is 22.6 Å². The van der Waals surface area contributed by atoms with Gasteiger partial charge in [0.15, 0.2) is 5.65 Å². The number of nitrogens with zero attached hydrogens (tertiary/aromatic N) is 2. The summed E-state index contributed by atoms with van der Waals surface area (Å²) in [7, 11) is -3.83. The number of fused-ring (bicyclic) bond motifs is 1. The molecule has 160 valence electrons. The van der Waals surface area contributed by atoms with Crippen LogP contribution in [0.2, 0.25) is 0 Å². The van der Waals surface area contributed by atoms with Crippen LogP contribution in [0.25, 0.3) is 5.65 Å². The highest BCUT2D eigenvalue weighted by Gasteiger charge is 2.25. The van der Waals surface area contributed by atoms with Crippen LogP contribution < -0.4 is 15.6 Å². The number of aromatic nitrogens is 3. The number of para-hydroxylation sites is 1. The Bertz CT molecular complexity index is 1280. The van der Waals surface area contributed by atoms with Gasteiger partial charge in [-0.15, -0.1) is 0 Å². The maximum absolute atomic E-state index is 12.8. The van der Waals surface area contributed by atoms with E-state index in [2.05, 4.69) is 20.1 Å². The van der Waals surface area contributed by atoms with E-state index in [0.717, 1.165) is 0 Å². The molecule has 0 atom stereocenters. The van der Waals surface area contributed by atoms with Gasteiger partial charge < -0.3 is 5.32 Å². The minimum atomic E-state index is -3.83. The van der Waals surface area contributed by atoms with E-state index in [1.807, 2.05) is 0 Å². The van der Waals surface area contributed by atoms with Crippen LogP contribution in [-0.2, 0) is 21.2 Å². The third-order valence-electron chi connectivity index (χ3n) is 4.43. The molecule has 1 amide bonds. The van der Waals surface area contributed by atoms with Gasteiger partial charge in [-0.05, 0) is 46.8 Å². The summed E-state index contributed by atoms with van der Waals surface area (Å²) in [6.45, 7) is 8.77. The van der Waals surface area contributed by atoms with Crippen molar-refractivity contribution in [3.05, 3.63) is 57.6 Å². The zero-order valence-corrected chi connectivity index (χ0v) is 18.3. The first-order valence-electron chi connectivity index (χ1n) is 9.38. The Hall–Kier alpha value is -2.98. The highest BCUT2D eigenvalue weighted by molar-refractivity contribution is 7.89. The Labute approximate surface area is 174 Å². The Morgan fingerprint density at radius 2 is 1.87 bits per heavy atom. The average Bonchev–Trinajstić information content (AvgIpc) is 2.97. The van der Waals surface area contributed by atoms with Crippen molar-refractivity contribution in [2.24, 2.45) is 0 Å². The van der Waals surface area contributed by atoms with Crippen LogP contribution in [0, 0.1) is 13.8 Å². The zero-order chi connectivity index (χ0) is 22.3. The van der Waals surface area contributed by atoms with Crippen molar-refractivity contribution in [2.75, 3.05) is 5.32 Å². The van der Waals surface area contributed by atoms with Crippen molar-refractivity contribution in [3.8, 4) is 0 Å². The van der Waals surface area contributed by atoms with E-state index in [4.69, 9.17) is 0 Å². The molecule has 0 saturated heterocycles. The molecular formula is C20H25N5O4S. The number of amides is 1. The third kappa shape index (κ3) is 4.60. The van der Waals surface area contributed by atoms with Crippen molar-refractivity contribution in [1.82, 2.24) is 19.3 Å². The van der Waals surface area contributed by atoms with Crippen molar-refractivity contribution in [1.29, 1.82) is 0 Å². The topological polar surface area (TPSA) is 125 Å². The second-order valence-electron chi connectivity index (χ2n) is 8.15. The Morgan fingerprint density at radius 3 is 2.53 bits per heavy atom. The van der Waals surface area contributed by atoms with E-state index < -0.39 is 21.5 Å². The first-order chi connectivity index (χ1) is 13.9. The van der Waals surface area contributed by atoms with Crippen LogP contribution in [0.1, 0.15) is 37.7 Å². The van der Waals surface area contributed by atoms with E-state index in [0.29, 0.717) is 22.6 Å². The Kier molecular flexibility index (Phi) is 5.57. The first-order valence-corrected chi connectivity index (χ1v) is 10.9. The Morgan fingerprint density at radius 1 is 1.20 bits per heavy atom. The molecule has 10 heteroatoms. The largest absolute Gasteiger partial charge is 0.325 e. The van der Waals surface area contributed by atoms with Crippen molar-refractivity contribution >= 4 is 27.3 Å². The molecule has 0 aliphatic heterocycles. The summed E-state index contributed by atoms with van der Waals surface area (Å²) in [5.74, 6) is -0.393. The van der Waals surface area contributed by atoms with E-state index >= 15 is 0 Å². The monoisotopic (exact) mass is 431 g/mol. The lowest BCUT2D eigenvalue weighted by Crippen LogP contribution is -2.40. The molecule has 0 aliphatic carbocycles. The van der Waals surface area contributed by atoms with Crippen LogP contribution in [0.3, 0.4) is 0 Å². The SMILES string of the molecule is Cc1nc2cc(=O)[nH]n2c(C)c1CC(=O)Nc1ccccc1S(=O)(=O)NC(C)(C)C. The number of sulfonamides is 1. The summed E-state index contributed by atoms with van der Waals surface area (Å²) in [5.41, 5.74) is 1.68. The fraction of sp³-hybridized carbons (Fsp3) is 0.350. The van der Waals surface area contributed by atoms with Gasteiger partial charge in [0, 0.05) is 28.6 Å². The van der Waals surface area contributed by atoms with Gasteiger partial charge in [0.25, 0.3) is 5.56 Å². The van der Waals surface area contributed by atoms with E-state index in [9.17, 15) is 18.0 Å². The molecule has 0 saturated carbocycles. The fourth-order valence-corrected chi connectivity index (χ4v) is 4.81. The van der Waals surface area contributed by atoms with Gasteiger partial charge >= 0.3 is 0 Å². The molecular weight excluding hydrogens is 406 g/mol. The summed E-state index contributed by atoms with van der Waals surface area (Å²) >= 11 is 0. The number of aromatic amines is 1. The van der Waals surface area contributed by atoms with E-state index in [1.54, 1.807) is 52.8 Å². The lowest BCUT2D eigenvalue weighted by molar-refractivity contribution is -0.115. The summed E-state index contributed by atoms with van der Waals surface area (Å²) in [4.78, 5) is 28.7. The van der Waals surface area contributed by atoms with Gasteiger partial charge in [-0.3, -0.25) is 14.7 Å². The van der Waals surface area contributed by atoms with Gasteiger partial charge in [-0.1, -0.05) is 12.1 Å². The van der Waals surface area contributed by atoms with Crippen LogP contribution in [-0.4, -0.2) is 34.5 Å². The predicted octanol–water partition coefficient (Wildman–Crippen LogP) is 1.90. The number of hydrogen-bond donors (Lipinski definition) is 3. The average molecular weight is 432 g/mol. The molecule has 0 bridgehead atoms. The second-order valence-corrected chi connectivity index (χ2v) is 9.80. The normalized spacial score (nSPS) is 12.3. The number of anilines is 1. The summed E-state index contributed by atoms with van der Waals surface area (Å²) in [6.07, 6.45) is -0.0259. The molecule has 3 rings (SSSR count). The molecule has 0 aliphatic rings. The molecule has 2 aromatic heterocycles. The quantitative estimate of drug-likeness (QED) is 0.569. The number of carbonyl (C=O) groups is 1. The van der Waals surface area contributed by atoms with Gasteiger partial charge in [0.1, 0.15) is 4.90 Å². The standard InChI is InChI=1S/C20H25N5O4S/c1-12-14(13(2)25-17(21-12)11-19(27)23-25)10-18(26)22-15-8-6-7-9-16(15)30(28,29)24-20(3,4)5/h6-9,11,24H,10H2,1-5H3,(H,22,26)(H,23,27). The number of benzene rings is 1. The summed E-state index contributed by atoms with van der Waals surface area (Å²) in [6, 6.07) is 7.62. The van der Waals surface area contributed by atoms with Gasteiger partial charge in [-0.2, -0.15) is 0 Å². The van der Waals surface area contributed by atoms with Crippen LogP contribution in [0.5, 0.6) is 0 Å². The van der Waals surface area contributed by atoms with Gasteiger partial charge in [0.05, 0.1) is 12.1 Å². The van der Waals surface area contributed by atoms with Gasteiger partial charge in [0.2, 0.25) is 15.9 Å².